The smallest absolute Gasteiger partial charge is 1.00 e. The predicted octanol–water partition coefficient (Wildman–Crippen LogP) is -1.79. The number of rotatable bonds is 2. The Hall–Kier alpha value is 1.05. The number of quaternary nitrogens is 1. The van der Waals surface area contributed by atoms with Crippen molar-refractivity contribution in [1.82, 2.24) is 0 Å². The summed E-state index contributed by atoms with van der Waals surface area (Å²) in [5.41, 5.74) is 0. The zero-order valence-corrected chi connectivity index (χ0v) is 9.99. The van der Waals surface area contributed by atoms with E-state index >= 15 is 0 Å². The van der Waals surface area contributed by atoms with Crippen LogP contribution in [0.15, 0.2) is 0 Å². The molecule has 0 aromatic heterocycles. The Kier molecular flexibility index (Phi) is 9.19. The first-order chi connectivity index (χ1) is 4.12. The summed E-state index contributed by atoms with van der Waals surface area (Å²) >= 11 is 4.05. The van der Waals surface area contributed by atoms with Crippen molar-refractivity contribution in [3.8, 4) is 5.75 Å². The van der Waals surface area contributed by atoms with Gasteiger partial charge >= 0.3 is 61.7 Å². The molecule has 0 saturated carbocycles. The molecule has 0 aromatic rings. The van der Waals surface area contributed by atoms with Gasteiger partial charge in [-0.05, 0) is 0 Å². The maximum atomic E-state index is 10.0. The molecule has 0 aliphatic carbocycles. The fourth-order valence-electron chi connectivity index (χ4n) is 0.411. The summed E-state index contributed by atoms with van der Waals surface area (Å²) in [6.07, 6.45) is 0. The van der Waals surface area contributed by atoms with Crippen LogP contribution in [0.25, 0.3) is 0 Å². The number of thiol groups is 1. The van der Waals surface area contributed by atoms with Gasteiger partial charge in [-0.25, -0.2) is 0 Å². The summed E-state index contributed by atoms with van der Waals surface area (Å²) in [5.74, 6) is 3.52. The Balaban J connectivity index is 0. The molecule has 0 spiro atoms. The molecule has 0 N–H and O–H groups in total. The standard InChI is InChI=1S/C5H10NOPS.HI/c1-6(2,3-4-9)5-8-7;/h3-4H2,1-2H3;1H. The molecule has 0 bridgehead atoms. The van der Waals surface area contributed by atoms with Gasteiger partial charge < -0.3 is 24.0 Å². The minimum absolute atomic E-state index is 0. The van der Waals surface area contributed by atoms with Crippen LogP contribution in [0.5, 0.6) is 0 Å². The van der Waals surface area contributed by atoms with Gasteiger partial charge in [0.15, 0.2) is 0 Å². The molecule has 0 heterocycles. The van der Waals surface area contributed by atoms with Crippen LogP contribution in [-0.2, 0) is 4.57 Å². The predicted molar refractivity (Wildman–Crippen MR) is 42.3 cm³/mol. The van der Waals surface area contributed by atoms with Gasteiger partial charge in [0, 0.05) is 0 Å². The Bertz CT molecular complexity index is 177. The zero-order chi connectivity index (χ0) is 7.33. The summed E-state index contributed by atoms with van der Waals surface area (Å²) in [5, 5.41) is 0. The third-order valence-corrected chi connectivity index (χ3v) is 1.79. The largest absolute Gasteiger partial charge is 1.00 e. The van der Waals surface area contributed by atoms with Crippen molar-refractivity contribution in [1.29, 1.82) is 0 Å². The second-order valence-electron chi connectivity index (χ2n) is 2.32. The summed E-state index contributed by atoms with van der Waals surface area (Å²) in [6.45, 7) is 0.859. The second kappa shape index (κ2) is 6.74. The molecule has 0 aliphatic heterocycles. The fourth-order valence-corrected chi connectivity index (χ4v) is 1.23. The average Bonchev–Trinajstić information content (AvgIpc) is 1.64. The molecular weight excluding hydrogens is 280 g/mol. The van der Waals surface area contributed by atoms with Crippen LogP contribution in [0.3, 0.4) is 0 Å². The Morgan fingerprint density at radius 1 is 1.60 bits per heavy atom. The number of hydrogen-bond acceptors (Lipinski definition) is 2. The first-order valence-electron chi connectivity index (χ1n) is 2.66. The minimum atomic E-state index is -0.0280. The van der Waals surface area contributed by atoms with E-state index in [-0.39, 0.29) is 31.9 Å². The molecule has 60 valence electrons. The minimum Gasteiger partial charge on any atom is -1.00 e. The summed E-state index contributed by atoms with van der Waals surface area (Å²) < 4.78 is 10.6. The van der Waals surface area contributed by atoms with Gasteiger partial charge in [-0.2, -0.15) is 0 Å². The molecular formula is C5H11INOPS. The molecule has 10 heavy (non-hydrogen) atoms. The molecule has 0 radical (unpaired) electrons. The van der Waals surface area contributed by atoms with Gasteiger partial charge in [0.2, 0.25) is 0 Å². The molecule has 0 aliphatic rings. The van der Waals surface area contributed by atoms with E-state index in [9.17, 15) is 4.57 Å². The first-order valence-corrected chi connectivity index (χ1v) is 4.10. The normalized spacial score (nSPS) is 9.50. The summed E-state index contributed by atoms with van der Waals surface area (Å²) in [4.78, 5) is 0. The number of halogens is 1. The van der Waals surface area contributed by atoms with Crippen molar-refractivity contribution in [2.75, 3.05) is 26.4 Å². The van der Waals surface area contributed by atoms with Gasteiger partial charge in [0.1, 0.15) is 0 Å². The van der Waals surface area contributed by atoms with Gasteiger partial charge in [0.25, 0.3) is 0 Å². The number of nitrogens with zero attached hydrogens (tertiary/aromatic N) is 1. The van der Waals surface area contributed by atoms with Gasteiger partial charge in [-0.3, -0.25) is 0 Å². The van der Waals surface area contributed by atoms with Crippen molar-refractivity contribution in [3.05, 3.63) is 0 Å². The second-order valence-corrected chi connectivity index (χ2v) is 3.15. The van der Waals surface area contributed by atoms with Crippen molar-refractivity contribution < 1.29 is 33.0 Å². The van der Waals surface area contributed by atoms with Gasteiger partial charge in [-0.1, -0.05) is 0 Å². The van der Waals surface area contributed by atoms with E-state index < -0.39 is 0 Å². The summed E-state index contributed by atoms with van der Waals surface area (Å²) in [6, 6.07) is 0. The third-order valence-electron chi connectivity index (χ3n) is 0.971. The van der Waals surface area contributed by atoms with Crippen molar-refractivity contribution in [3.63, 3.8) is 0 Å². The van der Waals surface area contributed by atoms with Gasteiger partial charge in [-0.15, -0.1) is 0 Å². The molecule has 2 nitrogen and oxygen atoms in total. The molecule has 0 unspecified atom stereocenters. The van der Waals surface area contributed by atoms with Crippen molar-refractivity contribution in [2.24, 2.45) is 0 Å². The summed E-state index contributed by atoms with van der Waals surface area (Å²) in [7, 11) is 3.84. The maximum Gasteiger partial charge on any atom is -1.00 e. The van der Waals surface area contributed by atoms with Crippen LogP contribution in [0, 0.1) is 5.75 Å². The van der Waals surface area contributed by atoms with E-state index in [4.69, 9.17) is 0 Å². The third kappa shape index (κ3) is 7.16. The van der Waals surface area contributed by atoms with Crippen LogP contribution in [0.2, 0.25) is 0 Å². The van der Waals surface area contributed by atoms with Gasteiger partial charge in [0.05, 0.1) is 0 Å². The average molecular weight is 291 g/mol. The van der Waals surface area contributed by atoms with Crippen molar-refractivity contribution in [2.45, 2.75) is 0 Å². The molecule has 0 rings (SSSR count). The Morgan fingerprint density at radius 2 is 2.10 bits per heavy atom. The van der Waals surface area contributed by atoms with Crippen LogP contribution in [0.4, 0.5) is 0 Å². The Morgan fingerprint density at radius 3 is 2.40 bits per heavy atom. The van der Waals surface area contributed by atoms with Crippen LogP contribution < -0.4 is 24.0 Å². The van der Waals surface area contributed by atoms with E-state index in [2.05, 4.69) is 18.4 Å². The molecule has 0 saturated heterocycles. The van der Waals surface area contributed by atoms with E-state index in [1.807, 2.05) is 14.1 Å². The topological polar surface area (TPSA) is 17.1 Å². The van der Waals surface area contributed by atoms with Crippen LogP contribution in [0.1, 0.15) is 0 Å². The monoisotopic (exact) mass is 291 g/mol. The van der Waals surface area contributed by atoms with E-state index in [0.717, 1.165) is 12.3 Å². The molecule has 0 aromatic carbocycles. The zero-order valence-electron chi connectivity index (χ0n) is 6.04. The van der Waals surface area contributed by atoms with E-state index in [1.54, 1.807) is 0 Å². The molecule has 5 heteroatoms. The Labute approximate surface area is 85.5 Å². The maximum absolute atomic E-state index is 10.0. The molecule has 0 amide bonds. The molecule has 0 fully saturated rings. The number of hydrogen-bond donors (Lipinski definition) is 1. The fraction of sp³-hybridized carbons (Fsp3) is 0.800. The van der Waals surface area contributed by atoms with Crippen LogP contribution >= 0.6 is 20.5 Å². The molecule has 0 atom stereocenters. The van der Waals surface area contributed by atoms with Crippen molar-refractivity contribution >= 4 is 20.5 Å². The van der Waals surface area contributed by atoms with E-state index in [0.29, 0.717) is 4.48 Å². The van der Waals surface area contributed by atoms with E-state index in [1.165, 1.54) is 0 Å². The van der Waals surface area contributed by atoms with Crippen LogP contribution in [-0.4, -0.2) is 30.9 Å². The SMILES string of the molecule is C[N+](C)(C#P=O)CCS.[I-]. The quantitative estimate of drug-likeness (QED) is 0.275. The first kappa shape index (κ1) is 13.6.